The van der Waals surface area contributed by atoms with Crippen molar-refractivity contribution in [2.45, 2.75) is 6.92 Å². The second-order valence-electron chi connectivity index (χ2n) is 7.85. The molecule has 0 aliphatic carbocycles. The standard InChI is InChI=1S/C27H23N3O6/c1-17-7-3-5-9-22(17)28-24(31)16-36-23-10-6-4-8-18(23)15-21-25(32)29-27(34)30(26(21)33)19-11-13-20(35-2)14-12-19/h3-15H,16H2,1-2H3,(H,28,31)(H,29,32,34)/b21-15+. The van der Waals surface area contributed by atoms with Crippen LogP contribution in [-0.2, 0) is 14.4 Å². The van der Waals surface area contributed by atoms with Gasteiger partial charge in [-0.3, -0.25) is 19.7 Å². The number of rotatable bonds is 7. The van der Waals surface area contributed by atoms with E-state index in [1.54, 1.807) is 42.5 Å². The molecule has 9 nitrogen and oxygen atoms in total. The molecule has 3 aromatic carbocycles. The van der Waals surface area contributed by atoms with E-state index in [-0.39, 0.29) is 23.8 Å². The van der Waals surface area contributed by atoms with Crippen molar-refractivity contribution in [2.24, 2.45) is 0 Å². The number of anilines is 2. The molecule has 0 radical (unpaired) electrons. The summed E-state index contributed by atoms with van der Waals surface area (Å²) in [5.41, 5.74) is 1.99. The monoisotopic (exact) mass is 485 g/mol. The van der Waals surface area contributed by atoms with Crippen molar-refractivity contribution in [1.29, 1.82) is 0 Å². The van der Waals surface area contributed by atoms with Gasteiger partial charge in [-0.2, -0.15) is 0 Å². The summed E-state index contributed by atoms with van der Waals surface area (Å²) in [7, 11) is 1.50. The highest BCUT2D eigenvalue weighted by Gasteiger charge is 2.37. The number of barbiturate groups is 1. The van der Waals surface area contributed by atoms with Crippen molar-refractivity contribution in [2.75, 3.05) is 23.9 Å². The molecular formula is C27H23N3O6. The molecule has 0 bridgehead atoms. The van der Waals surface area contributed by atoms with Gasteiger partial charge in [-0.15, -0.1) is 0 Å². The van der Waals surface area contributed by atoms with E-state index in [9.17, 15) is 19.2 Å². The second-order valence-corrected chi connectivity index (χ2v) is 7.85. The first-order valence-corrected chi connectivity index (χ1v) is 11.0. The molecule has 0 saturated carbocycles. The summed E-state index contributed by atoms with van der Waals surface area (Å²) in [5.74, 6) is -1.15. The van der Waals surface area contributed by atoms with Crippen LogP contribution in [-0.4, -0.2) is 37.5 Å². The highest BCUT2D eigenvalue weighted by Crippen LogP contribution is 2.26. The number of benzene rings is 3. The van der Waals surface area contributed by atoms with Crippen LogP contribution in [0.25, 0.3) is 6.08 Å². The van der Waals surface area contributed by atoms with Gasteiger partial charge in [0.15, 0.2) is 6.61 Å². The number of nitrogens with one attached hydrogen (secondary N) is 2. The van der Waals surface area contributed by atoms with E-state index >= 15 is 0 Å². The summed E-state index contributed by atoms with van der Waals surface area (Å²) in [6.07, 6.45) is 1.33. The molecule has 1 saturated heterocycles. The number of para-hydroxylation sites is 2. The number of urea groups is 1. The summed E-state index contributed by atoms with van der Waals surface area (Å²) < 4.78 is 10.8. The van der Waals surface area contributed by atoms with Crippen molar-refractivity contribution < 1.29 is 28.7 Å². The molecule has 5 amide bonds. The number of hydrogen-bond donors (Lipinski definition) is 2. The minimum atomic E-state index is -0.857. The Kier molecular flexibility index (Phi) is 7.10. The van der Waals surface area contributed by atoms with Gasteiger partial charge in [0.25, 0.3) is 17.7 Å². The quantitative estimate of drug-likeness (QED) is 0.390. The Morgan fingerprint density at radius 1 is 0.972 bits per heavy atom. The normalized spacial score (nSPS) is 14.4. The number of ether oxygens (including phenoxy) is 2. The van der Waals surface area contributed by atoms with Crippen LogP contribution in [0.2, 0.25) is 0 Å². The van der Waals surface area contributed by atoms with E-state index in [4.69, 9.17) is 9.47 Å². The number of methoxy groups -OCH3 is 1. The smallest absolute Gasteiger partial charge is 0.335 e. The van der Waals surface area contributed by atoms with Gasteiger partial charge in [-0.05, 0) is 55.0 Å². The van der Waals surface area contributed by atoms with Gasteiger partial charge in [-0.1, -0.05) is 36.4 Å². The van der Waals surface area contributed by atoms with Gasteiger partial charge in [0.2, 0.25) is 0 Å². The molecule has 9 heteroatoms. The van der Waals surface area contributed by atoms with Gasteiger partial charge < -0.3 is 14.8 Å². The lowest BCUT2D eigenvalue weighted by Crippen LogP contribution is -2.54. The summed E-state index contributed by atoms with van der Waals surface area (Å²) in [4.78, 5) is 51.4. The maximum atomic E-state index is 13.2. The number of hydrogen-bond acceptors (Lipinski definition) is 6. The minimum absolute atomic E-state index is 0.258. The summed E-state index contributed by atoms with van der Waals surface area (Å²) >= 11 is 0. The third kappa shape index (κ3) is 5.25. The molecule has 36 heavy (non-hydrogen) atoms. The zero-order chi connectivity index (χ0) is 25.7. The SMILES string of the molecule is COc1ccc(N2C(=O)NC(=O)/C(=C\c3ccccc3OCC(=O)Nc3ccccc3C)C2=O)cc1. The number of amides is 5. The van der Waals surface area contributed by atoms with E-state index in [0.717, 1.165) is 10.5 Å². The topological polar surface area (TPSA) is 114 Å². The van der Waals surface area contributed by atoms with E-state index in [1.807, 2.05) is 25.1 Å². The second kappa shape index (κ2) is 10.6. The van der Waals surface area contributed by atoms with Gasteiger partial charge in [-0.25, -0.2) is 9.69 Å². The van der Waals surface area contributed by atoms with E-state index < -0.39 is 17.8 Å². The predicted octanol–water partition coefficient (Wildman–Crippen LogP) is 3.69. The lowest BCUT2D eigenvalue weighted by atomic mass is 10.1. The van der Waals surface area contributed by atoms with Crippen LogP contribution in [0.3, 0.4) is 0 Å². The molecule has 1 aliphatic heterocycles. The Morgan fingerprint density at radius 3 is 2.39 bits per heavy atom. The van der Waals surface area contributed by atoms with Crippen molar-refractivity contribution in [3.8, 4) is 11.5 Å². The molecular weight excluding hydrogens is 462 g/mol. The lowest BCUT2D eigenvalue weighted by Gasteiger charge is -2.26. The largest absolute Gasteiger partial charge is 0.497 e. The van der Waals surface area contributed by atoms with Gasteiger partial charge in [0.1, 0.15) is 17.1 Å². The van der Waals surface area contributed by atoms with Crippen LogP contribution in [0.5, 0.6) is 11.5 Å². The fraction of sp³-hybridized carbons (Fsp3) is 0.111. The van der Waals surface area contributed by atoms with Crippen LogP contribution in [0, 0.1) is 6.92 Å². The van der Waals surface area contributed by atoms with Crippen LogP contribution in [0.1, 0.15) is 11.1 Å². The maximum Gasteiger partial charge on any atom is 0.335 e. The average molecular weight is 485 g/mol. The molecule has 0 aromatic heterocycles. The number of carbonyl (C=O) groups excluding carboxylic acids is 4. The fourth-order valence-corrected chi connectivity index (χ4v) is 3.55. The molecule has 1 heterocycles. The van der Waals surface area contributed by atoms with E-state index in [1.165, 1.54) is 25.3 Å². The number of imide groups is 2. The Bertz CT molecular complexity index is 1360. The third-order valence-corrected chi connectivity index (χ3v) is 5.43. The first kappa shape index (κ1) is 24.2. The van der Waals surface area contributed by atoms with Crippen LogP contribution in [0.4, 0.5) is 16.2 Å². The average Bonchev–Trinajstić information content (AvgIpc) is 2.87. The van der Waals surface area contributed by atoms with Crippen molar-refractivity contribution in [3.63, 3.8) is 0 Å². The maximum absolute atomic E-state index is 13.2. The van der Waals surface area contributed by atoms with Crippen molar-refractivity contribution in [3.05, 3.63) is 89.5 Å². The van der Waals surface area contributed by atoms with Gasteiger partial charge in [0, 0.05) is 11.3 Å². The molecule has 3 aromatic rings. The highest BCUT2D eigenvalue weighted by molar-refractivity contribution is 6.39. The Balaban J connectivity index is 1.54. The van der Waals surface area contributed by atoms with Crippen molar-refractivity contribution in [1.82, 2.24) is 5.32 Å². The Hall–Kier alpha value is -4.92. The highest BCUT2D eigenvalue weighted by atomic mass is 16.5. The molecule has 182 valence electrons. The summed E-state index contributed by atoms with van der Waals surface area (Å²) in [5, 5.41) is 4.96. The van der Waals surface area contributed by atoms with Crippen LogP contribution < -0.4 is 25.0 Å². The number of aryl methyl sites for hydroxylation is 1. The van der Waals surface area contributed by atoms with Gasteiger partial charge >= 0.3 is 6.03 Å². The minimum Gasteiger partial charge on any atom is -0.497 e. The molecule has 0 unspecified atom stereocenters. The molecule has 0 atom stereocenters. The van der Waals surface area contributed by atoms with Crippen molar-refractivity contribution >= 4 is 41.2 Å². The Labute approximate surface area is 207 Å². The summed E-state index contributed by atoms with van der Waals surface area (Å²) in [6, 6.07) is 19.4. The predicted molar refractivity (Wildman–Crippen MR) is 134 cm³/mol. The third-order valence-electron chi connectivity index (χ3n) is 5.43. The van der Waals surface area contributed by atoms with E-state index in [2.05, 4.69) is 10.6 Å². The lowest BCUT2D eigenvalue weighted by molar-refractivity contribution is -0.122. The summed E-state index contributed by atoms with van der Waals surface area (Å²) in [6.45, 7) is 1.59. The first-order chi connectivity index (χ1) is 17.4. The number of carbonyl (C=O) groups is 4. The van der Waals surface area contributed by atoms with Crippen LogP contribution in [0.15, 0.2) is 78.4 Å². The van der Waals surface area contributed by atoms with Gasteiger partial charge in [0.05, 0.1) is 12.8 Å². The fourth-order valence-electron chi connectivity index (χ4n) is 3.55. The zero-order valence-corrected chi connectivity index (χ0v) is 19.6. The van der Waals surface area contributed by atoms with E-state index in [0.29, 0.717) is 22.7 Å². The molecule has 0 spiro atoms. The molecule has 1 aliphatic rings. The first-order valence-electron chi connectivity index (χ1n) is 11.0. The molecule has 1 fully saturated rings. The number of nitrogens with zero attached hydrogens (tertiary/aromatic N) is 1. The van der Waals surface area contributed by atoms with Crippen LogP contribution >= 0.6 is 0 Å². The molecule has 4 rings (SSSR count). The zero-order valence-electron chi connectivity index (χ0n) is 19.6. The Morgan fingerprint density at radius 2 is 1.67 bits per heavy atom. The molecule has 2 N–H and O–H groups in total.